The van der Waals surface area contributed by atoms with Crippen LogP contribution in [0.5, 0.6) is 0 Å². The normalized spacial score (nSPS) is 18.5. The molecule has 1 amide bonds. The number of amides is 1. The first kappa shape index (κ1) is 21.2. The molecule has 0 spiro atoms. The molecular weight excluding hydrogens is 424 g/mol. The van der Waals surface area contributed by atoms with Crippen LogP contribution in [-0.4, -0.2) is 59.3 Å². The van der Waals surface area contributed by atoms with Crippen LogP contribution in [0.2, 0.25) is 0 Å². The van der Waals surface area contributed by atoms with Crippen molar-refractivity contribution in [3.05, 3.63) is 65.5 Å². The third-order valence-electron chi connectivity index (χ3n) is 6.75. The first-order valence-corrected chi connectivity index (χ1v) is 12.7. The first-order valence-electron chi connectivity index (χ1n) is 11.3. The number of likely N-dealkylation sites (tertiary alicyclic amines) is 1. The molecule has 0 radical (unpaired) electrons. The summed E-state index contributed by atoms with van der Waals surface area (Å²) in [4.78, 5) is 15.4. The number of hydrogen-bond donors (Lipinski definition) is 0. The average Bonchev–Trinajstić information content (AvgIpc) is 3.46. The van der Waals surface area contributed by atoms with Gasteiger partial charge in [-0.25, -0.2) is 12.9 Å². The molecule has 8 heteroatoms. The lowest BCUT2D eigenvalue weighted by Gasteiger charge is -2.31. The van der Waals surface area contributed by atoms with Gasteiger partial charge in [0.25, 0.3) is 5.91 Å². The van der Waals surface area contributed by atoms with Crippen molar-refractivity contribution < 1.29 is 13.2 Å². The van der Waals surface area contributed by atoms with Crippen molar-refractivity contribution >= 4 is 21.4 Å². The number of sulfonamides is 1. The van der Waals surface area contributed by atoms with Crippen molar-refractivity contribution in [2.75, 3.05) is 26.2 Å². The van der Waals surface area contributed by atoms with E-state index in [-0.39, 0.29) is 11.8 Å². The van der Waals surface area contributed by atoms with Crippen LogP contribution in [0.1, 0.15) is 53.2 Å². The SMILES string of the molecule is Cc1nn2ccc(C3CCN(S(=O)(=O)c4ccccc4)CC3)cc2c1C(=O)N1CCCC1. The van der Waals surface area contributed by atoms with Crippen LogP contribution in [0.25, 0.3) is 5.52 Å². The highest BCUT2D eigenvalue weighted by molar-refractivity contribution is 7.89. The Hall–Kier alpha value is -2.71. The summed E-state index contributed by atoms with van der Waals surface area (Å²) in [6.07, 6.45) is 5.54. The van der Waals surface area contributed by atoms with Gasteiger partial charge in [0, 0.05) is 32.4 Å². The standard InChI is InChI=1S/C24H28N4O3S/c1-18-23(24(29)26-12-5-6-13-26)22-17-20(11-16-28(22)25-18)19-9-14-27(15-10-19)32(30,31)21-7-3-2-4-8-21/h2-4,7-8,11,16-17,19H,5-6,9-10,12-15H2,1H3. The molecule has 2 fully saturated rings. The first-order chi connectivity index (χ1) is 15.4. The van der Waals surface area contributed by atoms with E-state index in [1.807, 2.05) is 24.1 Å². The van der Waals surface area contributed by atoms with E-state index in [4.69, 9.17) is 0 Å². The van der Waals surface area contributed by atoms with Crippen molar-refractivity contribution in [1.29, 1.82) is 0 Å². The molecule has 0 aliphatic carbocycles. The van der Waals surface area contributed by atoms with Crippen molar-refractivity contribution in [2.24, 2.45) is 0 Å². The molecule has 2 aromatic heterocycles. The molecule has 0 N–H and O–H groups in total. The summed E-state index contributed by atoms with van der Waals surface area (Å²) in [6.45, 7) is 4.49. The maximum absolute atomic E-state index is 13.1. The Bertz CT molecular complexity index is 1240. The quantitative estimate of drug-likeness (QED) is 0.608. The van der Waals surface area contributed by atoms with Crippen LogP contribution >= 0.6 is 0 Å². The minimum absolute atomic E-state index is 0.0657. The van der Waals surface area contributed by atoms with Gasteiger partial charge in [-0.05, 0) is 68.4 Å². The second-order valence-corrected chi connectivity index (χ2v) is 10.7. The zero-order valence-corrected chi connectivity index (χ0v) is 19.1. The predicted octanol–water partition coefficient (Wildman–Crippen LogP) is 3.45. The molecule has 1 aromatic carbocycles. The number of fused-ring (bicyclic) bond motifs is 1. The summed E-state index contributed by atoms with van der Waals surface area (Å²) in [7, 11) is -3.46. The number of pyridine rings is 1. The Balaban J connectivity index is 1.37. The lowest BCUT2D eigenvalue weighted by Crippen LogP contribution is -2.37. The van der Waals surface area contributed by atoms with E-state index in [9.17, 15) is 13.2 Å². The third kappa shape index (κ3) is 3.71. The highest BCUT2D eigenvalue weighted by Gasteiger charge is 2.31. The molecule has 0 bridgehead atoms. The topological polar surface area (TPSA) is 75.0 Å². The van der Waals surface area contributed by atoms with Crippen LogP contribution in [0, 0.1) is 6.92 Å². The van der Waals surface area contributed by atoms with Crippen LogP contribution in [0.3, 0.4) is 0 Å². The van der Waals surface area contributed by atoms with Gasteiger partial charge in [-0.1, -0.05) is 18.2 Å². The molecule has 4 heterocycles. The number of aryl methyl sites for hydroxylation is 1. The summed E-state index contributed by atoms with van der Waals surface area (Å²) in [5, 5.41) is 4.55. The minimum atomic E-state index is -3.46. The maximum atomic E-state index is 13.1. The number of hydrogen-bond acceptors (Lipinski definition) is 4. The molecule has 2 saturated heterocycles. The minimum Gasteiger partial charge on any atom is -0.339 e. The highest BCUT2D eigenvalue weighted by Crippen LogP contribution is 2.32. The van der Waals surface area contributed by atoms with Crippen LogP contribution in [0.4, 0.5) is 0 Å². The van der Waals surface area contributed by atoms with Gasteiger partial charge in [0.15, 0.2) is 0 Å². The average molecular weight is 453 g/mol. The van der Waals surface area contributed by atoms with Gasteiger partial charge in [0.2, 0.25) is 10.0 Å². The molecule has 0 atom stereocenters. The van der Waals surface area contributed by atoms with Gasteiger partial charge >= 0.3 is 0 Å². The number of rotatable bonds is 4. The van der Waals surface area contributed by atoms with Crippen molar-refractivity contribution in [2.45, 2.75) is 43.4 Å². The van der Waals surface area contributed by atoms with Crippen molar-refractivity contribution in [3.63, 3.8) is 0 Å². The molecule has 5 rings (SSSR count). The molecule has 3 aromatic rings. The Labute approximate surface area is 188 Å². The van der Waals surface area contributed by atoms with Crippen molar-refractivity contribution in [1.82, 2.24) is 18.8 Å². The van der Waals surface area contributed by atoms with Crippen LogP contribution in [0.15, 0.2) is 53.6 Å². The fraction of sp³-hybridized carbons (Fsp3) is 0.417. The number of aromatic nitrogens is 2. The summed E-state index contributed by atoms with van der Waals surface area (Å²) in [5.74, 6) is 0.322. The number of benzene rings is 1. The van der Waals surface area contributed by atoms with E-state index in [1.54, 1.807) is 33.1 Å². The molecule has 32 heavy (non-hydrogen) atoms. The van der Waals surface area contributed by atoms with E-state index in [0.29, 0.717) is 23.5 Å². The largest absolute Gasteiger partial charge is 0.339 e. The van der Waals surface area contributed by atoms with Gasteiger partial charge in [0.05, 0.1) is 21.7 Å². The monoisotopic (exact) mass is 452 g/mol. The van der Waals surface area contributed by atoms with Crippen LogP contribution in [-0.2, 0) is 10.0 Å². The van der Waals surface area contributed by atoms with Gasteiger partial charge < -0.3 is 4.90 Å². The van der Waals surface area contributed by atoms with Gasteiger partial charge in [-0.15, -0.1) is 0 Å². The summed E-state index contributed by atoms with van der Waals surface area (Å²) in [5.41, 5.74) is 3.43. The molecular formula is C24H28N4O3S. The second-order valence-electron chi connectivity index (χ2n) is 8.74. The molecule has 168 valence electrons. The zero-order valence-electron chi connectivity index (χ0n) is 18.3. The zero-order chi connectivity index (χ0) is 22.3. The van der Waals surface area contributed by atoms with E-state index in [2.05, 4.69) is 17.2 Å². The number of nitrogens with zero attached hydrogens (tertiary/aromatic N) is 4. The van der Waals surface area contributed by atoms with E-state index in [1.165, 1.54) is 0 Å². The van der Waals surface area contributed by atoms with Crippen LogP contribution < -0.4 is 0 Å². The number of piperidine rings is 1. The lowest BCUT2D eigenvalue weighted by molar-refractivity contribution is 0.0794. The Morgan fingerprint density at radius 1 is 1.00 bits per heavy atom. The van der Waals surface area contributed by atoms with Crippen molar-refractivity contribution in [3.8, 4) is 0 Å². The third-order valence-corrected chi connectivity index (χ3v) is 8.66. The molecule has 0 saturated carbocycles. The predicted molar refractivity (Wildman–Crippen MR) is 122 cm³/mol. The maximum Gasteiger partial charge on any atom is 0.257 e. The van der Waals surface area contributed by atoms with Gasteiger partial charge in [0.1, 0.15) is 0 Å². The molecule has 2 aliphatic heterocycles. The Morgan fingerprint density at radius 3 is 2.38 bits per heavy atom. The van der Waals surface area contributed by atoms with E-state index in [0.717, 1.165) is 55.5 Å². The Kier molecular flexibility index (Phi) is 5.51. The number of carbonyl (C=O) groups is 1. The van der Waals surface area contributed by atoms with E-state index >= 15 is 0 Å². The van der Waals surface area contributed by atoms with E-state index < -0.39 is 10.0 Å². The second kappa shape index (κ2) is 8.33. The fourth-order valence-electron chi connectivity index (χ4n) is 4.95. The molecule has 2 aliphatic rings. The van der Waals surface area contributed by atoms with Gasteiger partial charge in [-0.2, -0.15) is 9.40 Å². The smallest absolute Gasteiger partial charge is 0.257 e. The summed E-state index contributed by atoms with van der Waals surface area (Å²) in [6, 6.07) is 12.8. The fourth-order valence-corrected chi connectivity index (χ4v) is 6.44. The summed E-state index contributed by atoms with van der Waals surface area (Å²) < 4.78 is 29.2. The Morgan fingerprint density at radius 2 is 1.69 bits per heavy atom. The molecule has 7 nitrogen and oxygen atoms in total. The number of carbonyl (C=O) groups excluding carboxylic acids is 1. The molecule has 0 unspecified atom stereocenters. The van der Waals surface area contributed by atoms with Gasteiger partial charge in [-0.3, -0.25) is 4.79 Å². The lowest BCUT2D eigenvalue weighted by atomic mass is 9.90. The highest BCUT2D eigenvalue weighted by atomic mass is 32.2. The summed E-state index contributed by atoms with van der Waals surface area (Å²) >= 11 is 0.